The predicted octanol–water partition coefficient (Wildman–Crippen LogP) is 2.51. The number of aryl methyl sites for hydroxylation is 1. The highest BCUT2D eigenvalue weighted by Crippen LogP contribution is 2.23. The molecule has 3 aromatic rings. The average molecular weight is 395 g/mol. The second-order valence-corrected chi connectivity index (χ2v) is 7.59. The van der Waals surface area contributed by atoms with Crippen molar-refractivity contribution in [2.45, 2.75) is 39.3 Å². The van der Waals surface area contributed by atoms with Crippen LogP contribution in [-0.4, -0.2) is 43.2 Å². The number of carbonyl (C=O) groups is 1. The first-order valence-corrected chi connectivity index (χ1v) is 9.93. The smallest absolute Gasteiger partial charge is 0.267 e. The van der Waals surface area contributed by atoms with E-state index in [2.05, 4.69) is 10.1 Å². The van der Waals surface area contributed by atoms with E-state index in [1.807, 2.05) is 35.6 Å². The Labute approximate surface area is 168 Å². The monoisotopic (exact) mass is 395 g/mol. The molecule has 152 valence electrons. The highest BCUT2D eigenvalue weighted by molar-refractivity contribution is 5.78. The Balaban J connectivity index is 1.50. The number of piperidine rings is 1. The standard InChI is InChI=1S/C21H25N5O3/c1-15(13-24-11-9-22-16(24)2)21(28)25-10-3-5-17(14-25)26-20(27)8-7-18(23-26)19-6-4-12-29-19/h4,6-9,11-12,15,17H,3,5,10,13-14H2,1-2H3/t15-,17+/m0/s1. The van der Waals surface area contributed by atoms with E-state index in [4.69, 9.17) is 4.42 Å². The molecule has 1 amide bonds. The maximum atomic E-state index is 13.0. The van der Waals surface area contributed by atoms with Gasteiger partial charge in [-0.3, -0.25) is 9.59 Å². The summed E-state index contributed by atoms with van der Waals surface area (Å²) in [6.45, 7) is 5.65. The van der Waals surface area contributed by atoms with Crippen LogP contribution in [-0.2, 0) is 11.3 Å². The van der Waals surface area contributed by atoms with Gasteiger partial charge in [0.25, 0.3) is 5.56 Å². The molecular formula is C21H25N5O3. The molecule has 4 rings (SSSR count). The molecule has 1 aliphatic heterocycles. The number of hydrogen-bond acceptors (Lipinski definition) is 5. The predicted molar refractivity (Wildman–Crippen MR) is 107 cm³/mol. The van der Waals surface area contributed by atoms with Gasteiger partial charge < -0.3 is 13.9 Å². The van der Waals surface area contributed by atoms with Crippen LogP contribution in [0.15, 0.2) is 52.1 Å². The highest BCUT2D eigenvalue weighted by Gasteiger charge is 2.29. The number of carbonyl (C=O) groups excluding carboxylic acids is 1. The molecular weight excluding hydrogens is 370 g/mol. The van der Waals surface area contributed by atoms with Crippen molar-refractivity contribution in [2.75, 3.05) is 13.1 Å². The molecule has 3 aromatic heterocycles. The maximum absolute atomic E-state index is 13.0. The van der Waals surface area contributed by atoms with Crippen molar-refractivity contribution in [3.8, 4) is 11.5 Å². The van der Waals surface area contributed by atoms with Crippen molar-refractivity contribution in [2.24, 2.45) is 5.92 Å². The van der Waals surface area contributed by atoms with Crippen molar-refractivity contribution in [1.82, 2.24) is 24.2 Å². The van der Waals surface area contributed by atoms with Crippen molar-refractivity contribution < 1.29 is 9.21 Å². The normalized spacial score (nSPS) is 18.0. The number of nitrogens with zero attached hydrogens (tertiary/aromatic N) is 5. The average Bonchev–Trinajstić information content (AvgIpc) is 3.40. The van der Waals surface area contributed by atoms with Gasteiger partial charge in [-0.1, -0.05) is 6.92 Å². The molecule has 8 nitrogen and oxygen atoms in total. The zero-order chi connectivity index (χ0) is 20.4. The molecule has 0 N–H and O–H groups in total. The van der Waals surface area contributed by atoms with Crippen LogP contribution in [0.25, 0.3) is 11.5 Å². The number of imidazole rings is 1. The van der Waals surface area contributed by atoms with Crippen LogP contribution >= 0.6 is 0 Å². The van der Waals surface area contributed by atoms with E-state index >= 15 is 0 Å². The number of furan rings is 1. The molecule has 1 fully saturated rings. The van der Waals surface area contributed by atoms with Gasteiger partial charge in [-0.25, -0.2) is 9.67 Å². The van der Waals surface area contributed by atoms with Crippen LogP contribution in [0.5, 0.6) is 0 Å². The van der Waals surface area contributed by atoms with Gasteiger partial charge in [0.15, 0.2) is 5.76 Å². The second kappa shape index (κ2) is 8.06. The number of rotatable bonds is 5. The first-order valence-electron chi connectivity index (χ1n) is 9.93. The summed E-state index contributed by atoms with van der Waals surface area (Å²) in [6, 6.07) is 6.64. The van der Waals surface area contributed by atoms with Crippen molar-refractivity contribution in [3.05, 3.63) is 59.1 Å². The summed E-state index contributed by atoms with van der Waals surface area (Å²) in [6.07, 6.45) is 6.87. The van der Waals surface area contributed by atoms with E-state index < -0.39 is 0 Å². The number of likely N-dealkylation sites (tertiary alicyclic amines) is 1. The van der Waals surface area contributed by atoms with Gasteiger partial charge in [0.2, 0.25) is 5.91 Å². The summed E-state index contributed by atoms with van der Waals surface area (Å²) in [5.74, 6) is 1.44. The number of amides is 1. The molecule has 8 heteroatoms. The minimum Gasteiger partial charge on any atom is -0.463 e. The second-order valence-electron chi connectivity index (χ2n) is 7.59. The van der Waals surface area contributed by atoms with Gasteiger partial charge in [-0.15, -0.1) is 0 Å². The molecule has 0 unspecified atom stereocenters. The topological polar surface area (TPSA) is 86.2 Å². The van der Waals surface area contributed by atoms with Gasteiger partial charge in [0.1, 0.15) is 11.5 Å². The minimum absolute atomic E-state index is 0.0954. The Morgan fingerprint density at radius 2 is 2.21 bits per heavy atom. The van der Waals surface area contributed by atoms with Crippen LogP contribution < -0.4 is 5.56 Å². The Kier molecular flexibility index (Phi) is 5.33. The minimum atomic E-state index is -0.166. The summed E-state index contributed by atoms with van der Waals surface area (Å²) in [7, 11) is 0. The molecule has 0 saturated carbocycles. The molecule has 0 radical (unpaired) electrons. The van der Waals surface area contributed by atoms with Gasteiger partial charge in [0, 0.05) is 38.1 Å². The molecule has 2 atom stereocenters. The van der Waals surface area contributed by atoms with E-state index in [9.17, 15) is 9.59 Å². The van der Waals surface area contributed by atoms with Crippen molar-refractivity contribution in [3.63, 3.8) is 0 Å². The molecule has 4 heterocycles. The zero-order valence-electron chi connectivity index (χ0n) is 16.7. The summed E-state index contributed by atoms with van der Waals surface area (Å²) >= 11 is 0. The third-order valence-electron chi connectivity index (χ3n) is 5.47. The first kappa shape index (κ1) is 19.2. The highest BCUT2D eigenvalue weighted by atomic mass is 16.3. The lowest BCUT2D eigenvalue weighted by molar-refractivity contribution is -0.137. The molecule has 0 aromatic carbocycles. The van der Waals surface area contributed by atoms with Crippen LogP contribution in [0.2, 0.25) is 0 Å². The third-order valence-corrected chi connectivity index (χ3v) is 5.47. The van der Waals surface area contributed by atoms with Crippen molar-refractivity contribution >= 4 is 5.91 Å². The van der Waals surface area contributed by atoms with E-state index in [-0.39, 0.29) is 23.4 Å². The van der Waals surface area contributed by atoms with Crippen LogP contribution in [0.3, 0.4) is 0 Å². The van der Waals surface area contributed by atoms with Crippen LogP contribution in [0.1, 0.15) is 31.6 Å². The number of hydrogen-bond donors (Lipinski definition) is 0. The summed E-state index contributed by atoms with van der Waals surface area (Å²) in [4.78, 5) is 31.6. The van der Waals surface area contributed by atoms with E-state index in [1.165, 1.54) is 10.7 Å². The Morgan fingerprint density at radius 3 is 2.93 bits per heavy atom. The Morgan fingerprint density at radius 1 is 1.34 bits per heavy atom. The fraction of sp³-hybridized carbons (Fsp3) is 0.429. The summed E-state index contributed by atoms with van der Waals surface area (Å²) in [5, 5.41) is 4.51. The summed E-state index contributed by atoms with van der Waals surface area (Å²) < 4.78 is 8.89. The quantitative estimate of drug-likeness (QED) is 0.663. The van der Waals surface area contributed by atoms with Gasteiger partial charge in [0.05, 0.1) is 18.2 Å². The van der Waals surface area contributed by atoms with E-state index in [0.717, 1.165) is 18.7 Å². The lowest BCUT2D eigenvalue weighted by Gasteiger charge is -2.34. The fourth-order valence-corrected chi connectivity index (χ4v) is 3.88. The fourth-order valence-electron chi connectivity index (χ4n) is 3.88. The third kappa shape index (κ3) is 4.01. The Hall–Kier alpha value is -3.16. The molecule has 29 heavy (non-hydrogen) atoms. The van der Waals surface area contributed by atoms with Crippen LogP contribution in [0.4, 0.5) is 0 Å². The largest absolute Gasteiger partial charge is 0.463 e. The van der Waals surface area contributed by atoms with Crippen LogP contribution in [0, 0.1) is 12.8 Å². The lowest BCUT2D eigenvalue weighted by atomic mass is 10.0. The number of aromatic nitrogens is 4. The maximum Gasteiger partial charge on any atom is 0.267 e. The molecule has 0 bridgehead atoms. The Bertz CT molecular complexity index is 1040. The van der Waals surface area contributed by atoms with E-state index in [0.29, 0.717) is 31.1 Å². The van der Waals surface area contributed by atoms with Crippen molar-refractivity contribution in [1.29, 1.82) is 0 Å². The van der Waals surface area contributed by atoms with Gasteiger partial charge in [-0.2, -0.15) is 5.10 Å². The SMILES string of the molecule is Cc1nccn1C[C@H](C)C(=O)N1CCC[C@@H](n2nc(-c3ccco3)ccc2=O)C1. The molecule has 0 aliphatic carbocycles. The molecule has 1 saturated heterocycles. The summed E-state index contributed by atoms with van der Waals surface area (Å²) in [5.41, 5.74) is 0.448. The lowest BCUT2D eigenvalue weighted by Crippen LogP contribution is -2.45. The van der Waals surface area contributed by atoms with Gasteiger partial charge >= 0.3 is 0 Å². The zero-order valence-corrected chi connectivity index (χ0v) is 16.7. The first-order chi connectivity index (χ1) is 14.0. The van der Waals surface area contributed by atoms with E-state index in [1.54, 1.807) is 24.6 Å². The molecule has 0 spiro atoms. The molecule has 1 aliphatic rings. The van der Waals surface area contributed by atoms with Gasteiger partial charge in [-0.05, 0) is 38.0 Å².